The van der Waals surface area contributed by atoms with Gasteiger partial charge in [0.05, 0.1) is 4.92 Å². The van der Waals surface area contributed by atoms with Crippen molar-refractivity contribution < 1.29 is 28.0 Å². The monoisotopic (exact) mass is 494 g/mol. The number of benzene rings is 2. The van der Waals surface area contributed by atoms with Crippen LogP contribution in [-0.2, 0) is 17.4 Å². The first-order valence-corrected chi connectivity index (χ1v) is 8.61. The van der Waals surface area contributed by atoms with Crippen molar-refractivity contribution in [3.05, 3.63) is 72.1 Å². The van der Waals surface area contributed by atoms with E-state index in [1.165, 1.54) is 0 Å². The summed E-state index contributed by atoms with van der Waals surface area (Å²) in [6.45, 7) is 0. The van der Waals surface area contributed by atoms with E-state index < -0.39 is 38.7 Å². The van der Waals surface area contributed by atoms with Gasteiger partial charge in [0.25, 0.3) is 5.69 Å². The molecule has 0 radical (unpaired) electrons. The van der Waals surface area contributed by atoms with Crippen molar-refractivity contribution in [2.45, 2.75) is 18.5 Å². The third-order valence-electron chi connectivity index (χ3n) is 3.63. The molecule has 0 aromatic heterocycles. The second kappa shape index (κ2) is 7.75. The molecule has 5 nitrogen and oxygen atoms in total. The van der Waals surface area contributed by atoms with Crippen LogP contribution in [0.15, 0.2) is 45.3 Å². The van der Waals surface area contributed by atoms with E-state index in [9.17, 15) is 33.2 Å². The molecule has 138 valence electrons. The molecule has 10 heteroatoms. The van der Waals surface area contributed by atoms with Crippen LogP contribution in [0.4, 0.5) is 18.9 Å². The van der Waals surface area contributed by atoms with Gasteiger partial charge in [-0.2, -0.15) is 13.2 Å². The number of halogens is 5. The van der Waals surface area contributed by atoms with Gasteiger partial charge in [-0.15, -0.1) is 0 Å². The zero-order valence-corrected chi connectivity index (χ0v) is 15.9. The number of carboxylic acid groups (broad SMARTS) is 1. The number of rotatable bonds is 5. The van der Waals surface area contributed by atoms with E-state index in [-0.39, 0.29) is 16.5 Å². The standard InChI is InChI=1S/C16H10Br2F3NO4/c17-10-7-11(22(25)26)13(16(19,20)21)14(18)12(10)9(15(23)24)6-8-4-2-1-3-5-8/h1-5,7,9H,6H2,(H,23,24)/p-1. The van der Waals surface area contributed by atoms with E-state index in [1.807, 2.05) is 0 Å². The molecule has 0 amide bonds. The van der Waals surface area contributed by atoms with Gasteiger partial charge < -0.3 is 9.90 Å². The van der Waals surface area contributed by atoms with Gasteiger partial charge >= 0.3 is 6.18 Å². The van der Waals surface area contributed by atoms with Crippen molar-refractivity contribution in [2.24, 2.45) is 0 Å². The normalized spacial score (nSPS) is 12.7. The maximum atomic E-state index is 13.4. The summed E-state index contributed by atoms with van der Waals surface area (Å²) in [6, 6.07) is 8.91. The quantitative estimate of drug-likeness (QED) is 0.459. The lowest BCUT2D eigenvalue weighted by Crippen LogP contribution is -2.32. The number of aliphatic carboxylic acids is 1. The van der Waals surface area contributed by atoms with E-state index >= 15 is 0 Å². The zero-order chi connectivity index (χ0) is 19.6. The number of carboxylic acids is 1. The van der Waals surface area contributed by atoms with Gasteiger partial charge in [-0.3, -0.25) is 10.1 Å². The molecule has 0 aliphatic carbocycles. The van der Waals surface area contributed by atoms with Crippen LogP contribution in [0, 0.1) is 10.1 Å². The van der Waals surface area contributed by atoms with Gasteiger partial charge in [0.1, 0.15) is 5.56 Å². The molecule has 2 aromatic carbocycles. The highest BCUT2D eigenvalue weighted by molar-refractivity contribution is 9.11. The molecule has 0 spiro atoms. The number of nitro groups is 1. The van der Waals surface area contributed by atoms with Crippen LogP contribution in [0.25, 0.3) is 0 Å². The highest BCUT2D eigenvalue weighted by Crippen LogP contribution is 2.47. The van der Waals surface area contributed by atoms with Crippen LogP contribution in [-0.4, -0.2) is 10.9 Å². The minimum Gasteiger partial charge on any atom is -0.549 e. The lowest BCUT2D eigenvalue weighted by Gasteiger charge is -2.23. The first-order valence-electron chi connectivity index (χ1n) is 7.02. The summed E-state index contributed by atoms with van der Waals surface area (Å²) in [5.74, 6) is -3.06. The molecule has 0 aliphatic rings. The number of carbonyl (C=O) groups excluding carboxylic acids is 1. The second-order valence-corrected chi connectivity index (χ2v) is 6.94. The maximum absolute atomic E-state index is 13.4. The highest BCUT2D eigenvalue weighted by Gasteiger charge is 2.43. The van der Waals surface area contributed by atoms with Gasteiger partial charge in [-0.1, -0.05) is 46.3 Å². The van der Waals surface area contributed by atoms with Gasteiger partial charge in [0.15, 0.2) is 0 Å². The number of carbonyl (C=O) groups is 1. The molecular formula is C16H9Br2F3NO4-. The van der Waals surface area contributed by atoms with Gasteiger partial charge in [0, 0.05) is 26.9 Å². The van der Waals surface area contributed by atoms with Crippen LogP contribution < -0.4 is 5.11 Å². The lowest BCUT2D eigenvalue weighted by atomic mass is 9.90. The van der Waals surface area contributed by atoms with Crippen LogP contribution in [0.2, 0.25) is 0 Å². The third kappa shape index (κ3) is 4.24. The molecule has 2 aromatic rings. The molecule has 26 heavy (non-hydrogen) atoms. The Morgan fingerprint density at radius 2 is 1.77 bits per heavy atom. The summed E-state index contributed by atoms with van der Waals surface area (Å²) in [7, 11) is 0. The predicted octanol–water partition coefficient (Wildman–Crippen LogP) is 4.21. The fraction of sp³-hybridized carbons (Fsp3) is 0.188. The summed E-state index contributed by atoms with van der Waals surface area (Å²) in [4.78, 5) is 21.5. The molecule has 0 aliphatic heterocycles. The number of hydrogen-bond donors (Lipinski definition) is 0. The zero-order valence-electron chi connectivity index (χ0n) is 12.7. The van der Waals surface area contributed by atoms with E-state index in [0.717, 1.165) is 0 Å². The van der Waals surface area contributed by atoms with E-state index in [4.69, 9.17) is 0 Å². The Bertz CT molecular complexity index is 857. The average Bonchev–Trinajstić information content (AvgIpc) is 2.52. The smallest absolute Gasteiger partial charge is 0.424 e. The summed E-state index contributed by atoms with van der Waals surface area (Å²) in [5.41, 5.74) is -2.43. The lowest BCUT2D eigenvalue weighted by molar-refractivity contribution is -0.388. The molecule has 0 fully saturated rings. The van der Waals surface area contributed by atoms with Crippen LogP contribution in [0.3, 0.4) is 0 Å². The number of hydrogen-bond acceptors (Lipinski definition) is 4. The fourth-order valence-corrected chi connectivity index (χ4v) is 4.38. The molecule has 0 bridgehead atoms. The Morgan fingerprint density at radius 1 is 1.19 bits per heavy atom. The molecule has 1 unspecified atom stereocenters. The Morgan fingerprint density at radius 3 is 2.23 bits per heavy atom. The van der Waals surface area contributed by atoms with Crippen molar-refractivity contribution in [1.29, 1.82) is 0 Å². The Hall–Kier alpha value is -1.94. The number of alkyl halides is 3. The summed E-state index contributed by atoms with van der Waals surface area (Å²) >= 11 is 5.68. The molecular weight excluding hydrogens is 487 g/mol. The van der Waals surface area contributed by atoms with Crippen molar-refractivity contribution in [3.8, 4) is 0 Å². The number of nitro benzene ring substituents is 1. The average molecular weight is 496 g/mol. The predicted molar refractivity (Wildman–Crippen MR) is 91.4 cm³/mol. The van der Waals surface area contributed by atoms with Crippen molar-refractivity contribution in [2.75, 3.05) is 0 Å². The van der Waals surface area contributed by atoms with Gasteiger partial charge in [-0.05, 0) is 33.5 Å². The highest BCUT2D eigenvalue weighted by atomic mass is 79.9. The molecule has 2 rings (SSSR count). The van der Waals surface area contributed by atoms with E-state index in [0.29, 0.717) is 11.6 Å². The first kappa shape index (κ1) is 20.4. The summed E-state index contributed by atoms with van der Waals surface area (Å²) < 4.78 is 39.3. The minimum atomic E-state index is -5.06. The third-order valence-corrected chi connectivity index (χ3v) is 5.11. The van der Waals surface area contributed by atoms with Crippen LogP contribution in [0.1, 0.15) is 22.6 Å². The molecule has 0 heterocycles. The van der Waals surface area contributed by atoms with Crippen LogP contribution >= 0.6 is 31.9 Å². The maximum Gasteiger partial charge on any atom is 0.424 e. The Balaban J connectivity index is 2.70. The fourth-order valence-electron chi connectivity index (χ4n) is 2.51. The first-order chi connectivity index (χ1) is 12.0. The van der Waals surface area contributed by atoms with Crippen molar-refractivity contribution >= 4 is 43.5 Å². The Labute approximate surface area is 162 Å². The topological polar surface area (TPSA) is 83.3 Å². The largest absolute Gasteiger partial charge is 0.549 e. The molecule has 0 N–H and O–H groups in total. The SMILES string of the molecule is O=C([O-])C(Cc1ccccc1)c1c(Br)cc([N+](=O)[O-])c(C(F)(F)F)c1Br. The minimum absolute atomic E-state index is 0.130. The van der Waals surface area contributed by atoms with Gasteiger partial charge in [0.2, 0.25) is 0 Å². The summed E-state index contributed by atoms with van der Waals surface area (Å²) in [5, 5.41) is 22.6. The van der Waals surface area contributed by atoms with E-state index in [2.05, 4.69) is 31.9 Å². The second-order valence-electron chi connectivity index (χ2n) is 5.30. The molecule has 0 saturated heterocycles. The number of nitrogens with zero attached hydrogens (tertiary/aromatic N) is 1. The van der Waals surface area contributed by atoms with Gasteiger partial charge in [-0.25, -0.2) is 0 Å². The Kier molecular flexibility index (Phi) is 6.07. The molecule has 1 atom stereocenters. The van der Waals surface area contributed by atoms with Crippen LogP contribution in [0.5, 0.6) is 0 Å². The van der Waals surface area contributed by atoms with Crippen molar-refractivity contribution in [1.82, 2.24) is 0 Å². The summed E-state index contributed by atoms with van der Waals surface area (Å²) in [6.07, 6.45) is -5.20. The molecule has 0 saturated carbocycles. The van der Waals surface area contributed by atoms with E-state index in [1.54, 1.807) is 30.3 Å². The van der Waals surface area contributed by atoms with Crippen molar-refractivity contribution in [3.63, 3.8) is 0 Å².